The van der Waals surface area contributed by atoms with E-state index < -0.39 is 12.3 Å². The van der Waals surface area contributed by atoms with Gasteiger partial charge in [-0.3, -0.25) is 9.59 Å². The lowest BCUT2D eigenvalue weighted by molar-refractivity contribution is -0.274. The molecule has 0 saturated carbocycles. The first-order valence-electron chi connectivity index (χ1n) is 11.3. The summed E-state index contributed by atoms with van der Waals surface area (Å²) in [7, 11) is 0. The molecule has 4 aromatic rings. The molecule has 188 valence electrons. The SMILES string of the molecule is O=C(Nc1nc2c(Br)cc(OC(F)(F)F)cc2s1)C1CC(=O)N(c2ccc3c(c2)Cc2ccccc2-3)C1. The van der Waals surface area contributed by atoms with E-state index >= 15 is 0 Å². The van der Waals surface area contributed by atoms with Crippen molar-refractivity contribution in [2.24, 2.45) is 5.92 Å². The molecule has 2 heterocycles. The first-order chi connectivity index (χ1) is 17.6. The minimum Gasteiger partial charge on any atom is -0.406 e. The van der Waals surface area contributed by atoms with Crippen LogP contribution >= 0.6 is 27.3 Å². The monoisotopic (exact) mass is 587 g/mol. The van der Waals surface area contributed by atoms with Gasteiger partial charge in [-0.2, -0.15) is 0 Å². The van der Waals surface area contributed by atoms with E-state index in [1.807, 2.05) is 30.3 Å². The Morgan fingerprint density at radius 3 is 2.70 bits per heavy atom. The minimum atomic E-state index is -4.82. The van der Waals surface area contributed by atoms with Crippen LogP contribution in [0.3, 0.4) is 0 Å². The van der Waals surface area contributed by atoms with E-state index in [1.54, 1.807) is 4.90 Å². The van der Waals surface area contributed by atoms with E-state index in [9.17, 15) is 22.8 Å². The maximum absolute atomic E-state index is 13.0. The standard InChI is InChI=1S/C26H17BrF3N3O3S/c27-20-10-17(36-26(28,29)30)11-21-23(20)31-25(37-21)32-24(35)15-9-22(34)33(12-15)16-5-6-19-14(8-16)7-13-3-1-2-4-18(13)19/h1-6,8,10-11,15H,7,9,12H2,(H,31,32,35). The third-order valence-corrected chi connectivity index (χ3v) is 7.99. The van der Waals surface area contributed by atoms with Crippen LogP contribution in [0.1, 0.15) is 17.5 Å². The van der Waals surface area contributed by atoms with Crippen LogP contribution in [0.25, 0.3) is 21.3 Å². The van der Waals surface area contributed by atoms with Gasteiger partial charge in [-0.1, -0.05) is 41.7 Å². The molecule has 1 saturated heterocycles. The van der Waals surface area contributed by atoms with Crippen molar-refractivity contribution in [2.75, 3.05) is 16.8 Å². The molecular weight excluding hydrogens is 571 g/mol. The lowest BCUT2D eigenvalue weighted by atomic mass is 10.1. The molecule has 6 rings (SSSR count). The normalized spacial score (nSPS) is 16.7. The van der Waals surface area contributed by atoms with Crippen LogP contribution in [0.15, 0.2) is 59.1 Å². The molecule has 0 spiro atoms. The Morgan fingerprint density at radius 1 is 1.11 bits per heavy atom. The van der Waals surface area contributed by atoms with Crippen molar-refractivity contribution >= 4 is 60.1 Å². The van der Waals surface area contributed by atoms with Crippen LogP contribution in [0.5, 0.6) is 5.75 Å². The molecule has 2 aliphatic rings. The number of rotatable bonds is 4. The number of nitrogens with one attached hydrogen (secondary N) is 1. The van der Waals surface area contributed by atoms with Crippen molar-refractivity contribution < 1.29 is 27.5 Å². The minimum absolute atomic E-state index is 0.0568. The van der Waals surface area contributed by atoms with Gasteiger partial charge in [0.2, 0.25) is 11.8 Å². The summed E-state index contributed by atoms with van der Waals surface area (Å²) in [6.07, 6.45) is -3.96. The third kappa shape index (κ3) is 4.57. The molecule has 0 bridgehead atoms. The number of nitrogens with zero attached hydrogens (tertiary/aromatic N) is 2. The van der Waals surface area contributed by atoms with E-state index in [0.29, 0.717) is 14.7 Å². The number of amides is 2. The number of aromatic nitrogens is 1. The number of benzene rings is 3. The number of anilines is 2. The predicted molar refractivity (Wildman–Crippen MR) is 138 cm³/mol. The van der Waals surface area contributed by atoms with E-state index in [0.717, 1.165) is 34.6 Å². The average molecular weight is 588 g/mol. The highest BCUT2D eigenvalue weighted by molar-refractivity contribution is 9.10. The van der Waals surface area contributed by atoms with Crippen molar-refractivity contribution in [1.29, 1.82) is 0 Å². The van der Waals surface area contributed by atoms with Gasteiger partial charge in [0.15, 0.2) is 5.13 Å². The van der Waals surface area contributed by atoms with E-state index in [1.165, 1.54) is 23.3 Å². The van der Waals surface area contributed by atoms with Crippen molar-refractivity contribution in [3.05, 3.63) is 70.2 Å². The Kier molecular flexibility index (Phi) is 5.72. The topological polar surface area (TPSA) is 71.5 Å². The Morgan fingerprint density at radius 2 is 1.89 bits per heavy atom. The molecule has 1 fully saturated rings. The maximum Gasteiger partial charge on any atom is 0.573 e. The number of carbonyl (C=O) groups is 2. The van der Waals surface area contributed by atoms with Crippen molar-refractivity contribution in [2.45, 2.75) is 19.2 Å². The molecule has 6 nitrogen and oxygen atoms in total. The molecule has 1 aliphatic carbocycles. The summed E-state index contributed by atoms with van der Waals surface area (Å²) in [5, 5.41) is 2.95. The molecule has 3 aromatic carbocycles. The van der Waals surface area contributed by atoms with Gasteiger partial charge in [0.05, 0.1) is 16.1 Å². The van der Waals surface area contributed by atoms with E-state index in [4.69, 9.17) is 0 Å². The zero-order valence-corrected chi connectivity index (χ0v) is 21.3. The highest BCUT2D eigenvalue weighted by atomic mass is 79.9. The van der Waals surface area contributed by atoms with Gasteiger partial charge in [-0.05, 0) is 62.8 Å². The van der Waals surface area contributed by atoms with Gasteiger partial charge < -0.3 is 15.0 Å². The molecule has 1 aromatic heterocycles. The zero-order chi connectivity index (χ0) is 25.9. The fourth-order valence-corrected chi connectivity index (χ4v) is 6.43. The van der Waals surface area contributed by atoms with Crippen LogP contribution < -0.4 is 15.0 Å². The summed E-state index contributed by atoms with van der Waals surface area (Å²) in [4.78, 5) is 31.7. The second-order valence-corrected chi connectivity index (χ2v) is 10.8. The molecule has 1 N–H and O–H groups in total. The summed E-state index contributed by atoms with van der Waals surface area (Å²) in [5.74, 6) is -1.48. The van der Waals surface area contributed by atoms with Gasteiger partial charge in [0, 0.05) is 29.2 Å². The average Bonchev–Trinajstić information content (AvgIpc) is 3.52. The third-order valence-electron chi connectivity index (χ3n) is 6.47. The maximum atomic E-state index is 13.0. The van der Waals surface area contributed by atoms with Gasteiger partial charge in [0.25, 0.3) is 0 Å². The smallest absolute Gasteiger partial charge is 0.406 e. The van der Waals surface area contributed by atoms with E-state index in [2.05, 4.69) is 43.1 Å². The summed E-state index contributed by atoms with van der Waals surface area (Å²) >= 11 is 4.23. The fourth-order valence-electron chi connectivity index (χ4n) is 4.85. The Bertz CT molecular complexity index is 1590. The number of halogens is 4. The second kappa shape index (κ2) is 8.84. The first kappa shape index (κ1) is 23.9. The van der Waals surface area contributed by atoms with E-state index in [-0.39, 0.29) is 35.7 Å². The predicted octanol–water partition coefficient (Wildman–Crippen LogP) is 6.52. The second-order valence-electron chi connectivity index (χ2n) is 8.89. The molecular formula is C26H17BrF3N3O3S. The van der Waals surface area contributed by atoms with Crippen LogP contribution in [-0.4, -0.2) is 29.7 Å². The summed E-state index contributed by atoms with van der Waals surface area (Å²) in [5.41, 5.74) is 5.92. The van der Waals surface area contributed by atoms with Gasteiger partial charge in [-0.25, -0.2) is 4.98 Å². The Hall–Kier alpha value is -3.44. The number of hydrogen-bond acceptors (Lipinski definition) is 5. The van der Waals surface area contributed by atoms with Gasteiger partial charge in [-0.15, -0.1) is 13.2 Å². The van der Waals surface area contributed by atoms with Crippen LogP contribution in [0.4, 0.5) is 24.0 Å². The number of hydrogen-bond donors (Lipinski definition) is 1. The van der Waals surface area contributed by atoms with Crippen LogP contribution in [0, 0.1) is 5.92 Å². The van der Waals surface area contributed by atoms with Crippen molar-refractivity contribution in [3.8, 4) is 16.9 Å². The van der Waals surface area contributed by atoms with Gasteiger partial charge >= 0.3 is 6.36 Å². The Balaban J connectivity index is 1.17. The highest BCUT2D eigenvalue weighted by Gasteiger charge is 2.36. The number of fused-ring (bicyclic) bond motifs is 4. The fraction of sp³-hybridized carbons (Fsp3) is 0.192. The van der Waals surface area contributed by atoms with Crippen molar-refractivity contribution in [1.82, 2.24) is 4.98 Å². The molecule has 11 heteroatoms. The summed E-state index contributed by atoms with van der Waals surface area (Å²) in [6.45, 7) is 0.231. The van der Waals surface area contributed by atoms with Crippen LogP contribution in [0.2, 0.25) is 0 Å². The van der Waals surface area contributed by atoms with Gasteiger partial charge in [0.1, 0.15) is 5.75 Å². The molecule has 0 radical (unpaired) electrons. The largest absolute Gasteiger partial charge is 0.573 e. The lowest BCUT2D eigenvalue weighted by Crippen LogP contribution is -2.28. The Labute approximate surface area is 221 Å². The molecule has 2 amide bonds. The summed E-state index contributed by atoms with van der Waals surface area (Å²) < 4.78 is 42.5. The first-order valence-corrected chi connectivity index (χ1v) is 12.9. The number of ether oxygens (including phenoxy) is 1. The zero-order valence-electron chi connectivity index (χ0n) is 18.9. The number of alkyl halides is 3. The number of carbonyl (C=O) groups excluding carboxylic acids is 2. The number of thiazole rings is 1. The molecule has 1 atom stereocenters. The van der Waals surface area contributed by atoms with Crippen molar-refractivity contribution in [3.63, 3.8) is 0 Å². The van der Waals surface area contributed by atoms with Crippen LogP contribution in [-0.2, 0) is 16.0 Å². The highest BCUT2D eigenvalue weighted by Crippen LogP contribution is 2.40. The quantitative estimate of drug-likeness (QED) is 0.260. The molecule has 37 heavy (non-hydrogen) atoms. The molecule has 1 aliphatic heterocycles. The summed E-state index contributed by atoms with van der Waals surface area (Å²) in [6, 6.07) is 16.5. The lowest BCUT2D eigenvalue weighted by Gasteiger charge is -2.18. The molecule has 1 unspecified atom stereocenters.